The molecule has 0 aromatic carbocycles. The topological polar surface area (TPSA) is 40.5 Å². The van der Waals surface area contributed by atoms with Crippen molar-refractivity contribution in [1.82, 2.24) is 4.90 Å². The molecular formula is C8H16ClNO2. The first-order valence-electron chi connectivity index (χ1n) is 4.16. The number of rotatable bonds is 2. The van der Waals surface area contributed by atoms with Gasteiger partial charge >= 0.3 is 5.97 Å². The molecule has 4 heteroatoms. The molecule has 12 heavy (non-hydrogen) atoms. The second-order valence-corrected chi connectivity index (χ2v) is 3.21. The molecular weight excluding hydrogens is 178 g/mol. The molecule has 0 aromatic heterocycles. The summed E-state index contributed by atoms with van der Waals surface area (Å²) in [7, 11) is 0. The lowest BCUT2D eigenvalue weighted by atomic mass is 10.0. The fourth-order valence-corrected chi connectivity index (χ4v) is 1.57. The summed E-state index contributed by atoms with van der Waals surface area (Å²) in [6.45, 7) is 3.26. The summed E-state index contributed by atoms with van der Waals surface area (Å²) in [5.41, 5.74) is 0. The summed E-state index contributed by atoms with van der Waals surface area (Å²) in [5.74, 6) is -0.709. The first-order valence-corrected chi connectivity index (χ1v) is 4.16. The van der Waals surface area contributed by atoms with Crippen LogP contribution in [0.1, 0.15) is 26.2 Å². The summed E-state index contributed by atoms with van der Waals surface area (Å²) in [6.07, 6.45) is 3.54. The van der Waals surface area contributed by atoms with Crippen molar-refractivity contribution in [1.29, 1.82) is 0 Å². The largest absolute Gasteiger partial charge is 0.480 e. The molecule has 0 saturated carbocycles. The van der Waals surface area contributed by atoms with Crippen LogP contribution in [0, 0.1) is 0 Å². The number of halogens is 1. The van der Waals surface area contributed by atoms with E-state index in [0.717, 1.165) is 19.4 Å². The molecule has 0 spiro atoms. The number of nitrogens with zero attached hydrogens (tertiary/aromatic N) is 1. The van der Waals surface area contributed by atoms with Gasteiger partial charge in [0, 0.05) is 6.04 Å². The third-order valence-electron chi connectivity index (χ3n) is 2.28. The van der Waals surface area contributed by atoms with Crippen molar-refractivity contribution in [3.8, 4) is 0 Å². The summed E-state index contributed by atoms with van der Waals surface area (Å²) in [6, 6.07) is 0.458. The average molecular weight is 194 g/mol. The molecule has 1 N–H and O–H groups in total. The molecule has 0 radical (unpaired) electrons. The summed E-state index contributed by atoms with van der Waals surface area (Å²) < 4.78 is 0. The van der Waals surface area contributed by atoms with E-state index < -0.39 is 5.97 Å². The summed E-state index contributed by atoms with van der Waals surface area (Å²) in [4.78, 5) is 12.4. The molecule has 0 aromatic rings. The average Bonchev–Trinajstić information content (AvgIpc) is 1.93. The molecule has 1 saturated heterocycles. The van der Waals surface area contributed by atoms with E-state index in [1.807, 2.05) is 4.90 Å². The van der Waals surface area contributed by atoms with Gasteiger partial charge in [-0.25, -0.2) is 0 Å². The molecule has 1 aliphatic heterocycles. The Labute approximate surface area is 79.2 Å². The first-order chi connectivity index (χ1) is 5.20. The van der Waals surface area contributed by atoms with Gasteiger partial charge in [-0.3, -0.25) is 9.69 Å². The smallest absolute Gasteiger partial charge is 0.317 e. The zero-order valence-electron chi connectivity index (χ0n) is 7.32. The van der Waals surface area contributed by atoms with Crippen LogP contribution in [0.2, 0.25) is 0 Å². The van der Waals surface area contributed by atoms with Gasteiger partial charge < -0.3 is 5.11 Å². The van der Waals surface area contributed by atoms with Gasteiger partial charge in [0.1, 0.15) is 0 Å². The van der Waals surface area contributed by atoms with Crippen molar-refractivity contribution in [2.24, 2.45) is 0 Å². The number of carboxylic acids is 1. The van der Waals surface area contributed by atoms with Crippen molar-refractivity contribution in [3.63, 3.8) is 0 Å². The number of aliphatic carboxylic acids is 1. The van der Waals surface area contributed by atoms with Crippen molar-refractivity contribution >= 4 is 18.4 Å². The van der Waals surface area contributed by atoms with Gasteiger partial charge in [-0.2, -0.15) is 0 Å². The minimum atomic E-state index is -0.709. The molecule has 0 aliphatic carbocycles. The standard InChI is InChI=1S/C8H15NO2.ClH/c1-7-4-2-3-5-9(7)6-8(10)11;/h7H,2-6H2,1H3,(H,10,11);1H. The van der Waals surface area contributed by atoms with E-state index in [1.165, 1.54) is 6.42 Å². The van der Waals surface area contributed by atoms with Gasteiger partial charge in [0.05, 0.1) is 6.54 Å². The van der Waals surface area contributed by atoms with Gasteiger partial charge in [-0.1, -0.05) is 6.42 Å². The molecule has 1 heterocycles. The van der Waals surface area contributed by atoms with Crippen LogP contribution in [0.25, 0.3) is 0 Å². The molecule has 0 amide bonds. The molecule has 1 fully saturated rings. The zero-order chi connectivity index (χ0) is 8.27. The highest BCUT2D eigenvalue weighted by atomic mass is 35.5. The van der Waals surface area contributed by atoms with Crippen LogP contribution < -0.4 is 0 Å². The summed E-state index contributed by atoms with van der Waals surface area (Å²) in [5, 5.41) is 8.54. The Morgan fingerprint density at radius 3 is 2.75 bits per heavy atom. The normalized spacial score (nSPS) is 24.6. The van der Waals surface area contributed by atoms with Gasteiger partial charge in [0.25, 0.3) is 0 Å². The Hall–Kier alpha value is -0.280. The number of hydrogen-bond acceptors (Lipinski definition) is 2. The van der Waals surface area contributed by atoms with Crippen LogP contribution in [0.5, 0.6) is 0 Å². The predicted octanol–water partition coefficient (Wildman–Crippen LogP) is 1.37. The SMILES string of the molecule is CC1CCCCN1CC(=O)O.Cl. The van der Waals surface area contributed by atoms with Crippen molar-refractivity contribution in [2.75, 3.05) is 13.1 Å². The van der Waals surface area contributed by atoms with Crippen LogP contribution in [0.4, 0.5) is 0 Å². The molecule has 1 atom stereocenters. The molecule has 0 bridgehead atoms. The van der Waals surface area contributed by atoms with E-state index in [2.05, 4.69) is 6.92 Å². The number of carboxylic acid groups (broad SMARTS) is 1. The lowest BCUT2D eigenvalue weighted by Gasteiger charge is -2.31. The van der Waals surface area contributed by atoms with E-state index >= 15 is 0 Å². The minimum Gasteiger partial charge on any atom is -0.480 e. The predicted molar refractivity (Wildman–Crippen MR) is 49.8 cm³/mol. The van der Waals surface area contributed by atoms with Gasteiger partial charge in [-0.15, -0.1) is 12.4 Å². The molecule has 3 nitrogen and oxygen atoms in total. The maximum Gasteiger partial charge on any atom is 0.317 e. The second kappa shape index (κ2) is 5.38. The van der Waals surface area contributed by atoms with E-state index in [-0.39, 0.29) is 19.0 Å². The maximum absolute atomic E-state index is 10.4. The number of likely N-dealkylation sites (tertiary alicyclic amines) is 1. The first kappa shape index (κ1) is 11.7. The highest BCUT2D eigenvalue weighted by Gasteiger charge is 2.19. The second-order valence-electron chi connectivity index (χ2n) is 3.21. The fraction of sp³-hybridized carbons (Fsp3) is 0.875. The molecule has 1 rings (SSSR count). The number of carbonyl (C=O) groups is 1. The van der Waals surface area contributed by atoms with Crippen LogP contribution in [-0.4, -0.2) is 35.1 Å². The quantitative estimate of drug-likeness (QED) is 0.720. The van der Waals surface area contributed by atoms with E-state index in [1.54, 1.807) is 0 Å². The highest BCUT2D eigenvalue weighted by Crippen LogP contribution is 2.15. The van der Waals surface area contributed by atoms with Crippen molar-refractivity contribution in [3.05, 3.63) is 0 Å². The molecule has 1 unspecified atom stereocenters. The zero-order valence-corrected chi connectivity index (χ0v) is 8.14. The fourth-order valence-electron chi connectivity index (χ4n) is 1.57. The maximum atomic E-state index is 10.4. The Morgan fingerprint density at radius 1 is 1.58 bits per heavy atom. The highest BCUT2D eigenvalue weighted by molar-refractivity contribution is 5.85. The van der Waals surface area contributed by atoms with Gasteiger partial charge in [-0.05, 0) is 26.3 Å². The van der Waals surface area contributed by atoms with Crippen molar-refractivity contribution < 1.29 is 9.90 Å². The lowest BCUT2D eigenvalue weighted by molar-refractivity contribution is -0.139. The van der Waals surface area contributed by atoms with Gasteiger partial charge in [0.15, 0.2) is 0 Å². The van der Waals surface area contributed by atoms with E-state index in [0.29, 0.717) is 6.04 Å². The van der Waals surface area contributed by atoms with Crippen LogP contribution in [0.15, 0.2) is 0 Å². The minimum absolute atomic E-state index is 0. The molecule has 72 valence electrons. The third-order valence-corrected chi connectivity index (χ3v) is 2.28. The molecule has 1 aliphatic rings. The lowest BCUT2D eigenvalue weighted by Crippen LogP contribution is -2.40. The number of piperidine rings is 1. The van der Waals surface area contributed by atoms with Crippen molar-refractivity contribution in [2.45, 2.75) is 32.2 Å². The van der Waals surface area contributed by atoms with E-state index in [4.69, 9.17) is 5.11 Å². The number of hydrogen-bond donors (Lipinski definition) is 1. The van der Waals surface area contributed by atoms with E-state index in [9.17, 15) is 4.79 Å². The van der Waals surface area contributed by atoms with Crippen LogP contribution in [-0.2, 0) is 4.79 Å². The Balaban J connectivity index is 0.00000121. The summed E-state index contributed by atoms with van der Waals surface area (Å²) >= 11 is 0. The Kier molecular flexibility index (Phi) is 5.25. The van der Waals surface area contributed by atoms with Crippen LogP contribution in [0.3, 0.4) is 0 Å². The monoisotopic (exact) mass is 193 g/mol. The van der Waals surface area contributed by atoms with Gasteiger partial charge in [0.2, 0.25) is 0 Å². The van der Waals surface area contributed by atoms with Crippen LogP contribution >= 0.6 is 12.4 Å². The Morgan fingerprint density at radius 2 is 2.25 bits per heavy atom. The Bertz CT molecular complexity index is 152. The third kappa shape index (κ3) is 3.41.